The maximum Gasteiger partial charge on any atom is 0.296 e. The number of para-hydroxylation sites is 1. The third kappa shape index (κ3) is 2.73. The first kappa shape index (κ1) is 17.7. The van der Waals surface area contributed by atoms with E-state index in [1.165, 1.54) is 4.57 Å². The molecule has 0 aliphatic carbocycles. The number of aromatic nitrogens is 4. The molecule has 136 valence electrons. The summed E-state index contributed by atoms with van der Waals surface area (Å²) < 4.78 is 5.70. The van der Waals surface area contributed by atoms with E-state index >= 15 is 0 Å². The van der Waals surface area contributed by atoms with Gasteiger partial charge in [-0.2, -0.15) is 0 Å². The molecule has 0 spiro atoms. The third-order valence-electron chi connectivity index (χ3n) is 4.75. The number of aryl methyl sites for hydroxylation is 1. The number of rotatable bonds is 2. The Bertz CT molecular complexity index is 1300. The number of hydrogen-bond donors (Lipinski definition) is 0. The van der Waals surface area contributed by atoms with Gasteiger partial charge in [-0.3, -0.25) is 18.8 Å². The number of fused-ring (bicyclic) bond motifs is 1. The molecule has 7 heteroatoms. The van der Waals surface area contributed by atoms with Crippen LogP contribution in [0.25, 0.3) is 22.3 Å². The standard InChI is InChI=1S/C20H17IN4O2/c1-12-18(20(27)25(23(12)3)15-7-5-4-6-8-15)24-13(2)22-17-10-9-14(21)11-16(17)19(24)26/h4-11H,1-3H3. The van der Waals surface area contributed by atoms with Crippen LogP contribution < -0.4 is 11.1 Å². The summed E-state index contributed by atoms with van der Waals surface area (Å²) in [6, 6.07) is 14.9. The molecule has 0 unspecified atom stereocenters. The second kappa shape index (κ2) is 6.49. The van der Waals surface area contributed by atoms with E-state index in [2.05, 4.69) is 27.6 Å². The lowest BCUT2D eigenvalue weighted by Crippen LogP contribution is -2.28. The molecule has 0 saturated carbocycles. The van der Waals surface area contributed by atoms with Crippen molar-refractivity contribution in [2.24, 2.45) is 7.05 Å². The number of hydrogen-bond acceptors (Lipinski definition) is 3. The van der Waals surface area contributed by atoms with E-state index in [4.69, 9.17) is 0 Å². The van der Waals surface area contributed by atoms with Crippen molar-refractivity contribution in [3.63, 3.8) is 0 Å². The van der Waals surface area contributed by atoms with E-state index in [0.29, 0.717) is 28.1 Å². The fraction of sp³-hybridized carbons (Fsp3) is 0.150. The zero-order valence-electron chi connectivity index (χ0n) is 15.1. The van der Waals surface area contributed by atoms with Gasteiger partial charge in [0, 0.05) is 10.6 Å². The quantitative estimate of drug-likeness (QED) is 0.422. The first-order valence-electron chi connectivity index (χ1n) is 8.43. The zero-order chi connectivity index (χ0) is 19.3. The lowest BCUT2D eigenvalue weighted by molar-refractivity contribution is 0.630. The molecule has 2 aromatic heterocycles. The fourth-order valence-electron chi connectivity index (χ4n) is 3.34. The Kier molecular flexibility index (Phi) is 4.26. The van der Waals surface area contributed by atoms with Crippen LogP contribution in [0, 0.1) is 17.4 Å². The van der Waals surface area contributed by atoms with E-state index in [1.807, 2.05) is 56.4 Å². The van der Waals surface area contributed by atoms with Crippen LogP contribution in [0.15, 0.2) is 58.1 Å². The number of benzene rings is 2. The molecule has 0 radical (unpaired) electrons. The van der Waals surface area contributed by atoms with Crippen LogP contribution in [-0.4, -0.2) is 18.9 Å². The van der Waals surface area contributed by atoms with Crippen LogP contribution in [0.2, 0.25) is 0 Å². The van der Waals surface area contributed by atoms with Crippen molar-refractivity contribution in [1.29, 1.82) is 0 Å². The van der Waals surface area contributed by atoms with Crippen molar-refractivity contribution in [2.45, 2.75) is 13.8 Å². The van der Waals surface area contributed by atoms with E-state index < -0.39 is 0 Å². The molecule has 2 aromatic carbocycles. The van der Waals surface area contributed by atoms with E-state index in [0.717, 1.165) is 9.26 Å². The van der Waals surface area contributed by atoms with Crippen LogP contribution in [0.1, 0.15) is 11.5 Å². The van der Waals surface area contributed by atoms with Crippen LogP contribution in [0.4, 0.5) is 0 Å². The Morgan fingerprint density at radius 2 is 1.67 bits per heavy atom. The van der Waals surface area contributed by atoms with Gasteiger partial charge in [-0.05, 0) is 66.8 Å². The van der Waals surface area contributed by atoms with Gasteiger partial charge in [-0.25, -0.2) is 9.67 Å². The highest BCUT2D eigenvalue weighted by Gasteiger charge is 2.21. The largest absolute Gasteiger partial charge is 0.296 e. The van der Waals surface area contributed by atoms with Gasteiger partial charge < -0.3 is 0 Å². The van der Waals surface area contributed by atoms with Crippen LogP contribution in [0.5, 0.6) is 0 Å². The summed E-state index contributed by atoms with van der Waals surface area (Å²) in [6.45, 7) is 3.58. The average molecular weight is 472 g/mol. The highest BCUT2D eigenvalue weighted by molar-refractivity contribution is 14.1. The van der Waals surface area contributed by atoms with Gasteiger partial charge in [0.2, 0.25) is 0 Å². The molecule has 2 heterocycles. The molecular weight excluding hydrogens is 455 g/mol. The van der Waals surface area contributed by atoms with Crippen molar-refractivity contribution in [3.8, 4) is 11.4 Å². The van der Waals surface area contributed by atoms with Crippen LogP contribution in [0.3, 0.4) is 0 Å². The monoisotopic (exact) mass is 472 g/mol. The van der Waals surface area contributed by atoms with Gasteiger partial charge in [-0.1, -0.05) is 18.2 Å². The zero-order valence-corrected chi connectivity index (χ0v) is 17.3. The molecule has 0 aliphatic heterocycles. The third-order valence-corrected chi connectivity index (χ3v) is 5.42. The molecular formula is C20H17IN4O2. The summed E-state index contributed by atoms with van der Waals surface area (Å²) in [6.07, 6.45) is 0. The molecule has 27 heavy (non-hydrogen) atoms. The maximum absolute atomic E-state index is 13.3. The number of nitrogens with zero attached hydrogens (tertiary/aromatic N) is 4. The molecule has 0 aliphatic rings. The Morgan fingerprint density at radius 3 is 2.37 bits per heavy atom. The van der Waals surface area contributed by atoms with Gasteiger partial charge in [-0.15, -0.1) is 0 Å². The van der Waals surface area contributed by atoms with Gasteiger partial charge in [0.25, 0.3) is 11.1 Å². The second-order valence-electron chi connectivity index (χ2n) is 6.37. The summed E-state index contributed by atoms with van der Waals surface area (Å²) in [7, 11) is 1.81. The molecule has 6 nitrogen and oxygen atoms in total. The van der Waals surface area contributed by atoms with Crippen molar-refractivity contribution >= 4 is 33.5 Å². The van der Waals surface area contributed by atoms with Crippen molar-refractivity contribution in [3.05, 3.63) is 84.3 Å². The Morgan fingerprint density at radius 1 is 0.963 bits per heavy atom. The summed E-state index contributed by atoms with van der Waals surface area (Å²) in [4.78, 5) is 31.0. The minimum absolute atomic E-state index is 0.234. The van der Waals surface area contributed by atoms with E-state index in [9.17, 15) is 9.59 Å². The molecule has 0 fully saturated rings. The predicted octanol–water partition coefficient (Wildman–Crippen LogP) is 3.10. The van der Waals surface area contributed by atoms with Crippen LogP contribution >= 0.6 is 22.6 Å². The fourth-order valence-corrected chi connectivity index (χ4v) is 3.84. The molecule has 0 bridgehead atoms. The molecule has 0 atom stereocenters. The van der Waals surface area contributed by atoms with Crippen molar-refractivity contribution < 1.29 is 0 Å². The summed E-state index contributed by atoms with van der Waals surface area (Å²) in [5.41, 5.74) is 1.91. The SMILES string of the molecule is Cc1nc2ccc(I)cc2c(=O)n1-c1c(C)n(C)n(-c2ccccc2)c1=O. The average Bonchev–Trinajstić information content (AvgIpc) is 2.87. The van der Waals surface area contributed by atoms with E-state index in [1.54, 1.807) is 22.4 Å². The summed E-state index contributed by atoms with van der Waals surface area (Å²) in [5, 5.41) is 0.501. The first-order chi connectivity index (χ1) is 12.9. The molecule has 0 N–H and O–H groups in total. The molecule has 4 rings (SSSR count). The smallest absolute Gasteiger partial charge is 0.283 e. The van der Waals surface area contributed by atoms with Crippen LogP contribution in [-0.2, 0) is 7.05 Å². The normalized spacial score (nSPS) is 11.3. The Balaban J connectivity index is 2.09. The minimum Gasteiger partial charge on any atom is -0.283 e. The second-order valence-corrected chi connectivity index (χ2v) is 7.62. The lowest BCUT2D eigenvalue weighted by atomic mass is 10.2. The molecule has 0 amide bonds. The van der Waals surface area contributed by atoms with Gasteiger partial charge in [0.1, 0.15) is 11.5 Å². The van der Waals surface area contributed by atoms with Gasteiger partial charge >= 0.3 is 0 Å². The first-order valence-corrected chi connectivity index (χ1v) is 9.51. The Labute approximate surface area is 168 Å². The topological polar surface area (TPSA) is 61.8 Å². The highest BCUT2D eigenvalue weighted by Crippen LogP contribution is 2.17. The highest BCUT2D eigenvalue weighted by atomic mass is 127. The minimum atomic E-state index is -0.252. The lowest BCUT2D eigenvalue weighted by Gasteiger charge is -2.09. The molecule has 4 aromatic rings. The van der Waals surface area contributed by atoms with Crippen molar-refractivity contribution in [1.82, 2.24) is 18.9 Å². The summed E-state index contributed by atoms with van der Waals surface area (Å²) in [5.74, 6) is 0.486. The van der Waals surface area contributed by atoms with Gasteiger partial charge in [0.15, 0.2) is 0 Å². The molecule has 0 saturated heterocycles. The van der Waals surface area contributed by atoms with Crippen molar-refractivity contribution in [2.75, 3.05) is 0 Å². The number of halogens is 1. The maximum atomic E-state index is 13.3. The van der Waals surface area contributed by atoms with E-state index in [-0.39, 0.29) is 11.1 Å². The van der Waals surface area contributed by atoms with Gasteiger partial charge in [0.05, 0.1) is 22.3 Å². The Hall–Kier alpha value is -2.68. The predicted molar refractivity (Wildman–Crippen MR) is 114 cm³/mol. The summed E-state index contributed by atoms with van der Waals surface area (Å²) >= 11 is 2.16.